The summed E-state index contributed by atoms with van der Waals surface area (Å²) in [5.74, 6) is -0.0185. The molecule has 104 valence electrons. The Balaban J connectivity index is 1.80. The van der Waals surface area contributed by atoms with Gasteiger partial charge in [0.15, 0.2) is 0 Å². The van der Waals surface area contributed by atoms with Crippen molar-refractivity contribution < 1.29 is 14.3 Å². The Kier molecular flexibility index (Phi) is 5.32. The fourth-order valence-corrected chi connectivity index (χ4v) is 2.05. The molecule has 1 fully saturated rings. The number of ether oxygens (including phenoxy) is 2. The first-order chi connectivity index (χ1) is 9.29. The second-order valence-electron chi connectivity index (χ2n) is 4.52. The van der Waals surface area contributed by atoms with E-state index in [9.17, 15) is 4.79 Å². The van der Waals surface area contributed by atoms with Gasteiger partial charge in [-0.15, -0.1) is 0 Å². The molecule has 5 nitrogen and oxygen atoms in total. The van der Waals surface area contributed by atoms with Crippen molar-refractivity contribution >= 4 is 5.91 Å². The number of rotatable bonds is 5. The van der Waals surface area contributed by atoms with Crippen molar-refractivity contribution in [3.8, 4) is 0 Å². The Morgan fingerprint density at radius 3 is 2.79 bits per heavy atom. The van der Waals surface area contributed by atoms with Crippen LogP contribution in [0.25, 0.3) is 0 Å². The van der Waals surface area contributed by atoms with E-state index in [1.54, 1.807) is 0 Å². The molecule has 0 radical (unpaired) electrons. The molecule has 1 heterocycles. The number of benzene rings is 1. The van der Waals surface area contributed by atoms with Crippen molar-refractivity contribution in [3.63, 3.8) is 0 Å². The van der Waals surface area contributed by atoms with Crippen LogP contribution in [0.4, 0.5) is 0 Å². The SMILES string of the molecule is NCc1ccccc1CC(=O)NCC1COCCO1. The molecule has 0 aromatic heterocycles. The molecule has 0 aliphatic carbocycles. The zero-order valence-corrected chi connectivity index (χ0v) is 10.9. The molecule has 1 atom stereocenters. The molecular formula is C14H20N2O3. The Morgan fingerprint density at radius 1 is 1.32 bits per heavy atom. The van der Waals surface area contributed by atoms with Crippen LogP contribution in [-0.4, -0.2) is 38.4 Å². The summed E-state index contributed by atoms with van der Waals surface area (Å²) < 4.78 is 10.7. The highest BCUT2D eigenvalue weighted by Crippen LogP contribution is 2.08. The average Bonchev–Trinajstić information content (AvgIpc) is 2.47. The first-order valence-electron chi connectivity index (χ1n) is 6.52. The first kappa shape index (κ1) is 14.0. The molecule has 1 aromatic rings. The molecule has 3 N–H and O–H groups in total. The number of nitrogens with two attached hydrogens (primary N) is 1. The monoisotopic (exact) mass is 264 g/mol. The minimum Gasteiger partial charge on any atom is -0.376 e. The lowest BCUT2D eigenvalue weighted by Crippen LogP contribution is -2.40. The Morgan fingerprint density at radius 2 is 2.11 bits per heavy atom. The van der Waals surface area contributed by atoms with Gasteiger partial charge < -0.3 is 20.5 Å². The smallest absolute Gasteiger partial charge is 0.224 e. The van der Waals surface area contributed by atoms with Gasteiger partial charge in [-0.1, -0.05) is 24.3 Å². The molecule has 0 saturated carbocycles. The maximum atomic E-state index is 11.9. The van der Waals surface area contributed by atoms with Gasteiger partial charge in [0.2, 0.25) is 5.91 Å². The summed E-state index contributed by atoms with van der Waals surface area (Å²) in [6, 6.07) is 7.72. The molecule has 19 heavy (non-hydrogen) atoms. The van der Waals surface area contributed by atoms with Crippen molar-refractivity contribution in [1.82, 2.24) is 5.32 Å². The quantitative estimate of drug-likeness (QED) is 0.798. The van der Waals surface area contributed by atoms with Crippen molar-refractivity contribution in [2.45, 2.75) is 19.1 Å². The predicted molar refractivity (Wildman–Crippen MR) is 71.6 cm³/mol. The van der Waals surface area contributed by atoms with E-state index in [1.165, 1.54) is 0 Å². The normalized spacial score (nSPS) is 19.1. The lowest BCUT2D eigenvalue weighted by Gasteiger charge is -2.23. The van der Waals surface area contributed by atoms with Crippen LogP contribution in [-0.2, 0) is 27.2 Å². The Labute approximate surface area is 113 Å². The summed E-state index contributed by atoms with van der Waals surface area (Å²) in [4.78, 5) is 11.9. The fourth-order valence-electron chi connectivity index (χ4n) is 2.05. The number of carbonyl (C=O) groups excluding carboxylic acids is 1. The summed E-state index contributed by atoms with van der Waals surface area (Å²) in [6.07, 6.45) is 0.309. The molecule has 1 aliphatic heterocycles. The number of nitrogens with one attached hydrogen (secondary N) is 1. The van der Waals surface area contributed by atoms with E-state index in [-0.39, 0.29) is 12.0 Å². The van der Waals surface area contributed by atoms with E-state index in [4.69, 9.17) is 15.2 Å². The topological polar surface area (TPSA) is 73.6 Å². The van der Waals surface area contributed by atoms with Crippen LogP contribution in [0.1, 0.15) is 11.1 Å². The molecular weight excluding hydrogens is 244 g/mol. The van der Waals surface area contributed by atoms with Gasteiger partial charge >= 0.3 is 0 Å². The van der Waals surface area contributed by atoms with E-state index < -0.39 is 0 Å². The third-order valence-electron chi connectivity index (χ3n) is 3.10. The molecule has 1 saturated heterocycles. The van der Waals surface area contributed by atoms with Crippen molar-refractivity contribution in [1.29, 1.82) is 0 Å². The van der Waals surface area contributed by atoms with Crippen LogP contribution in [0.15, 0.2) is 24.3 Å². The standard InChI is InChI=1S/C14H20N2O3/c15-8-12-4-2-1-3-11(12)7-14(17)16-9-13-10-18-5-6-19-13/h1-4,13H,5-10,15H2,(H,16,17). The highest BCUT2D eigenvalue weighted by molar-refractivity contribution is 5.78. The van der Waals surface area contributed by atoms with E-state index in [0.717, 1.165) is 11.1 Å². The fraction of sp³-hybridized carbons (Fsp3) is 0.500. The minimum absolute atomic E-state index is 0.0185. The van der Waals surface area contributed by atoms with Gasteiger partial charge in [0.05, 0.1) is 32.3 Å². The van der Waals surface area contributed by atoms with Gasteiger partial charge in [-0.05, 0) is 11.1 Å². The minimum atomic E-state index is -0.0394. The van der Waals surface area contributed by atoms with Crippen LogP contribution < -0.4 is 11.1 Å². The van der Waals surface area contributed by atoms with Crippen molar-refractivity contribution in [2.24, 2.45) is 5.73 Å². The van der Waals surface area contributed by atoms with Gasteiger partial charge in [-0.25, -0.2) is 0 Å². The largest absolute Gasteiger partial charge is 0.376 e. The third kappa shape index (κ3) is 4.31. The van der Waals surface area contributed by atoms with Gasteiger partial charge in [0, 0.05) is 13.1 Å². The lowest BCUT2D eigenvalue weighted by atomic mass is 10.0. The summed E-state index contributed by atoms with van der Waals surface area (Å²) in [5.41, 5.74) is 7.63. The first-order valence-corrected chi connectivity index (χ1v) is 6.52. The van der Waals surface area contributed by atoms with Crippen molar-refractivity contribution in [3.05, 3.63) is 35.4 Å². The van der Waals surface area contributed by atoms with E-state index >= 15 is 0 Å². The zero-order chi connectivity index (χ0) is 13.5. The highest BCUT2D eigenvalue weighted by atomic mass is 16.6. The Hall–Kier alpha value is -1.43. The maximum Gasteiger partial charge on any atom is 0.224 e. The number of hydrogen-bond donors (Lipinski definition) is 2. The molecule has 1 unspecified atom stereocenters. The van der Waals surface area contributed by atoms with Gasteiger partial charge in [0.25, 0.3) is 0 Å². The number of amides is 1. The molecule has 1 amide bonds. The van der Waals surface area contributed by atoms with Gasteiger partial charge in [0.1, 0.15) is 0 Å². The molecule has 2 rings (SSSR count). The number of hydrogen-bond acceptors (Lipinski definition) is 4. The molecule has 5 heteroatoms. The summed E-state index contributed by atoms with van der Waals surface area (Å²) in [5, 5.41) is 2.87. The van der Waals surface area contributed by atoms with E-state index in [2.05, 4.69) is 5.32 Å². The summed E-state index contributed by atoms with van der Waals surface area (Å²) in [6.45, 7) is 2.71. The maximum absolute atomic E-state index is 11.9. The average molecular weight is 264 g/mol. The lowest BCUT2D eigenvalue weighted by molar-refractivity contribution is -0.123. The second kappa shape index (κ2) is 7.23. The highest BCUT2D eigenvalue weighted by Gasteiger charge is 2.15. The zero-order valence-electron chi connectivity index (χ0n) is 10.9. The van der Waals surface area contributed by atoms with Crippen LogP contribution in [0.3, 0.4) is 0 Å². The molecule has 0 spiro atoms. The molecule has 1 aliphatic rings. The third-order valence-corrected chi connectivity index (χ3v) is 3.10. The molecule has 1 aromatic carbocycles. The van der Waals surface area contributed by atoms with Crippen LogP contribution in [0.2, 0.25) is 0 Å². The van der Waals surface area contributed by atoms with E-state index in [0.29, 0.717) is 39.3 Å². The summed E-state index contributed by atoms with van der Waals surface area (Å²) in [7, 11) is 0. The second-order valence-corrected chi connectivity index (χ2v) is 4.52. The van der Waals surface area contributed by atoms with Crippen LogP contribution in [0, 0.1) is 0 Å². The Bertz CT molecular complexity index is 417. The van der Waals surface area contributed by atoms with Crippen LogP contribution >= 0.6 is 0 Å². The van der Waals surface area contributed by atoms with Gasteiger partial charge in [-0.3, -0.25) is 4.79 Å². The predicted octanol–water partition coefficient (Wildman–Crippen LogP) is 0.219. The van der Waals surface area contributed by atoms with E-state index in [1.807, 2.05) is 24.3 Å². The van der Waals surface area contributed by atoms with Crippen LogP contribution in [0.5, 0.6) is 0 Å². The van der Waals surface area contributed by atoms with Crippen molar-refractivity contribution in [2.75, 3.05) is 26.4 Å². The molecule has 0 bridgehead atoms. The number of carbonyl (C=O) groups is 1. The summed E-state index contributed by atoms with van der Waals surface area (Å²) >= 11 is 0. The van der Waals surface area contributed by atoms with Gasteiger partial charge in [-0.2, -0.15) is 0 Å².